The maximum absolute atomic E-state index is 10.5. The third kappa shape index (κ3) is 4.74. The van der Waals surface area contributed by atoms with E-state index < -0.39 is 0 Å². The van der Waals surface area contributed by atoms with Crippen LogP contribution in [0.15, 0.2) is 10.1 Å². The zero-order valence-corrected chi connectivity index (χ0v) is 8.29. The Bertz CT molecular complexity index is 155. The van der Waals surface area contributed by atoms with Crippen molar-refractivity contribution in [3.63, 3.8) is 0 Å². The van der Waals surface area contributed by atoms with E-state index >= 15 is 0 Å². The number of carbonyl (C=O) groups excluding carboxylic acids is 1. The van der Waals surface area contributed by atoms with Gasteiger partial charge in [0.2, 0.25) is 0 Å². The van der Waals surface area contributed by atoms with Crippen molar-refractivity contribution in [3.05, 3.63) is 10.1 Å². The summed E-state index contributed by atoms with van der Waals surface area (Å²) in [5.41, 5.74) is 1.25. The van der Waals surface area contributed by atoms with Crippen LogP contribution in [0.3, 0.4) is 0 Å². The van der Waals surface area contributed by atoms with Crippen LogP contribution in [0.25, 0.3) is 0 Å². The lowest BCUT2D eigenvalue weighted by atomic mass is 10.2. The SMILES string of the molecule is CC(=O)CCC(Br)=C(C)C. The highest BCUT2D eigenvalue weighted by molar-refractivity contribution is 9.11. The van der Waals surface area contributed by atoms with E-state index in [1.165, 1.54) is 5.57 Å². The molecule has 0 spiro atoms. The Balaban J connectivity index is 3.71. The van der Waals surface area contributed by atoms with Crippen LogP contribution in [0, 0.1) is 0 Å². The third-order valence-electron chi connectivity index (χ3n) is 1.24. The molecule has 0 aliphatic heterocycles. The van der Waals surface area contributed by atoms with Crippen molar-refractivity contribution in [2.45, 2.75) is 33.6 Å². The second-order valence-corrected chi connectivity index (χ2v) is 3.56. The molecule has 0 saturated carbocycles. The molecule has 0 bridgehead atoms. The van der Waals surface area contributed by atoms with Crippen molar-refractivity contribution in [2.75, 3.05) is 0 Å². The van der Waals surface area contributed by atoms with Crippen LogP contribution in [-0.2, 0) is 4.79 Å². The standard InChI is InChI=1S/C8H13BrO/c1-6(2)8(9)5-4-7(3)10/h4-5H2,1-3H3. The fraction of sp³-hybridized carbons (Fsp3) is 0.625. The van der Waals surface area contributed by atoms with Crippen LogP contribution in [0.5, 0.6) is 0 Å². The lowest BCUT2D eigenvalue weighted by Gasteiger charge is -1.97. The van der Waals surface area contributed by atoms with Gasteiger partial charge in [0.1, 0.15) is 5.78 Å². The van der Waals surface area contributed by atoms with Gasteiger partial charge in [0, 0.05) is 6.42 Å². The van der Waals surface area contributed by atoms with Gasteiger partial charge < -0.3 is 4.79 Å². The monoisotopic (exact) mass is 204 g/mol. The topological polar surface area (TPSA) is 17.1 Å². The number of halogens is 1. The Labute approximate surface area is 70.6 Å². The van der Waals surface area contributed by atoms with E-state index in [-0.39, 0.29) is 5.78 Å². The third-order valence-corrected chi connectivity index (χ3v) is 2.43. The number of carbonyl (C=O) groups is 1. The molecule has 0 unspecified atom stereocenters. The second kappa shape index (κ2) is 4.67. The van der Waals surface area contributed by atoms with Crippen LogP contribution in [0.1, 0.15) is 33.6 Å². The van der Waals surface area contributed by atoms with E-state index in [1.54, 1.807) is 6.92 Å². The summed E-state index contributed by atoms with van der Waals surface area (Å²) in [6.45, 7) is 5.68. The van der Waals surface area contributed by atoms with E-state index in [9.17, 15) is 4.79 Å². The van der Waals surface area contributed by atoms with Gasteiger partial charge in [0.25, 0.3) is 0 Å². The summed E-state index contributed by atoms with van der Waals surface area (Å²) in [6, 6.07) is 0. The molecular formula is C8H13BrO. The van der Waals surface area contributed by atoms with Gasteiger partial charge in [0.05, 0.1) is 0 Å². The number of Topliss-reactive ketones (excluding diaryl/α,β-unsaturated/α-hetero) is 1. The van der Waals surface area contributed by atoms with Crippen molar-refractivity contribution < 1.29 is 4.79 Å². The first-order chi connectivity index (χ1) is 4.54. The van der Waals surface area contributed by atoms with Crippen LogP contribution < -0.4 is 0 Å². The molecule has 0 aliphatic rings. The largest absolute Gasteiger partial charge is 0.300 e. The minimum atomic E-state index is 0.248. The number of hydrogen-bond acceptors (Lipinski definition) is 1. The van der Waals surface area contributed by atoms with E-state index in [2.05, 4.69) is 15.9 Å². The smallest absolute Gasteiger partial charge is 0.130 e. The summed E-state index contributed by atoms with van der Waals surface area (Å²) < 4.78 is 1.16. The highest BCUT2D eigenvalue weighted by Gasteiger charge is 1.97. The van der Waals surface area contributed by atoms with Crippen molar-refractivity contribution in [1.82, 2.24) is 0 Å². The Kier molecular flexibility index (Phi) is 4.62. The quantitative estimate of drug-likeness (QED) is 0.691. The molecule has 0 radical (unpaired) electrons. The van der Waals surface area contributed by atoms with Crippen molar-refractivity contribution in [2.24, 2.45) is 0 Å². The van der Waals surface area contributed by atoms with Gasteiger partial charge in [-0.2, -0.15) is 0 Å². The number of ketones is 1. The Morgan fingerprint density at radius 2 is 1.70 bits per heavy atom. The van der Waals surface area contributed by atoms with Gasteiger partial charge in [0.15, 0.2) is 0 Å². The summed E-state index contributed by atoms with van der Waals surface area (Å²) in [7, 11) is 0. The highest BCUT2D eigenvalue weighted by Crippen LogP contribution is 2.17. The van der Waals surface area contributed by atoms with Crippen LogP contribution in [0.2, 0.25) is 0 Å². The zero-order valence-electron chi connectivity index (χ0n) is 6.70. The first kappa shape index (κ1) is 9.89. The van der Waals surface area contributed by atoms with E-state index in [0.29, 0.717) is 6.42 Å². The molecule has 1 nitrogen and oxygen atoms in total. The van der Waals surface area contributed by atoms with Gasteiger partial charge >= 0.3 is 0 Å². The molecule has 0 rings (SSSR count). The van der Waals surface area contributed by atoms with Crippen LogP contribution in [-0.4, -0.2) is 5.78 Å². The number of rotatable bonds is 3. The summed E-state index contributed by atoms with van der Waals surface area (Å²) in [5, 5.41) is 0. The van der Waals surface area contributed by atoms with E-state index in [4.69, 9.17) is 0 Å². The molecule has 0 atom stereocenters. The first-order valence-corrected chi connectivity index (χ1v) is 4.14. The normalized spacial score (nSPS) is 9.20. The Morgan fingerprint density at radius 3 is 2.00 bits per heavy atom. The molecule has 2 heteroatoms. The molecule has 0 aromatic rings. The van der Waals surface area contributed by atoms with Gasteiger partial charge in [-0.25, -0.2) is 0 Å². The molecule has 0 heterocycles. The molecule has 0 aliphatic carbocycles. The maximum Gasteiger partial charge on any atom is 0.130 e. The molecule has 0 saturated heterocycles. The molecular weight excluding hydrogens is 192 g/mol. The summed E-state index contributed by atoms with van der Waals surface area (Å²) in [5.74, 6) is 0.248. The predicted octanol–water partition coefficient (Wildman–Crippen LogP) is 3.04. The number of allylic oxidation sites excluding steroid dienone is 2. The average Bonchev–Trinajstić information content (AvgIpc) is 1.82. The van der Waals surface area contributed by atoms with Gasteiger partial charge in [-0.3, -0.25) is 0 Å². The lowest BCUT2D eigenvalue weighted by Crippen LogP contribution is -1.89. The van der Waals surface area contributed by atoms with E-state index in [1.807, 2.05) is 13.8 Å². The molecule has 0 aromatic heterocycles. The summed E-state index contributed by atoms with van der Waals surface area (Å²) in [4.78, 5) is 10.5. The summed E-state index contributed by atoms with van der Waals surface area (Å²) >= 11 is 3.40. The molecule has 0 aromatic carbocycles. The highest BCUT2D eigenvalue weighted by atomic mass is 79.9. The maximum atomic E-state index is 10.5. The number of hydrogen-bond donors (Lipinski definition) is 0. The Hall–Kier alpha value is -0.110. The van der Waals surface area contributed by atoms with Gasteiger partial charge in [-0.15, -0.1) is 0 Å². The minimum absolute atomic E-state index is 0.248. The molecule has 58 valence electrons. The molecule has 10 heavy (non-hydrogen) atoms. The van der Waals surface area contributed by atoms with E-state index in [0.717, 1.165) is 10.9 Å². The molecule has 0 N–H and O–H groups in total. The average molecular weight is 205 g/mol. The van der Waals surface area contributed by atoms with Gasteiger partial charge in [-0.1, -0.05) is 21.5 Å². The van der Waals surface area contributed by atoms with Crippen molar-refractivity contribution in [1.29, 1.82) is 0 Å². The fourth-order valence-corrected chi connectivity index (χ4v) is 0.734. The molecule has 0 amide bonds. The van der Waals surface area contributed by atoms with Crippen LogP contribution >= 0.6 is 15.9 Å². The fourth-order valence-electron chi connectivity index (χ4n) is 0.536. The minimum Gasteiger partial charge on any atom is -0.300 e. The second-order valence-electron chi connectivity index (χ2n) is 2.61. The summed E-state index contributed by atoms with van der Waals surface area (Å²) in [6.07, 6.45) is 1.49. The first-order valence-electron chi connectivity index (χ1n) is 3.35. The van der Waals surface area contributed by atoms with Crippen molar-refractivity contribution in [3.8, 4) is 0 Å². The molecule has 0 fully saturated rings. The lowest BCUT2D eigenvalue weighted by molar-refractivity contribution is -0.116. The van der Waals surface area contributed by atoms with Crippen LogP contribution in [0.4, 0.5) is 0 Å². The van der Waals surface area contributed by atoms with Crippen molar-refractivity contribution >= 4 is 21.7 Å². The Morgan fingerprint density at radius 1 is 1.20 bits per heavy atom. The zero-order chi connectivity index (χ0) is 8.15. The van der Waals surface area contributed by atoms with Gasteiger partial charge in [-0.05, 0) is 31.7 Å². The predicted molar refractivity (Wildman–Crippen MR) is 47.2 cm³/mol.